The lowest BCUT2D eigenvalue weighted by atomic mass is 10.5. The Kier molecular flexibility index (Phi) is 1.03. The summed E-state index contributed by atoms with van der Waals surface area (Å²) in [5.41, 5.74) is 0.682. The lowest BCUT2D eigenvalue weighted by Gasteiger charge is -1.68. The van der Waals surface area contributed by atoms with Crippen LogP contribution in [-0.2, 0) is 0 Å². The molecule has 0 spiro atoms. The molecule has 0 N–H and O–H groups in total. The Morgan fingerprint density at radius 2 is 2.50 bits per heavy atom. The van der Waals surface area contributed by atoms with Crippen LogP contribution < -0.4 is 10.8 Å². The van der Waals surface area contributed by atoms with E-state index in [1.807, 2.05) is 0 Å². The summed E-state index contributed by atoms with van der Waals surface area (Å²) in [7, 11) is 0. The summed E-state index contributed by atoms with van der Waals surface area (Å²) < 4.78 is 5.03. The molecule has 3 heteroatoms. The molecule has 0 bridgehead atoms. The van der Waals surface area contributed by atoms with Crippen molar-refractivity contribution < 1.29 is 4.42 Å². The van der Waals surface area contributed by atoms with E-state index in [0.717, 1.165) is 5.36 Å². The van der Waals surface area contributed by atoms with Crippen LogP contribution in [0.3, 0.4) is 0 Å². The Bertz CT molecular complexity index is 373. The maximum atomic E-state index is 5.03. The third kappa shape index (κ3) is 0.694. The molecule has 1 aromatic heterocycles. The van der Waals surface area contributed by atoms with E-state index in [2.05, 4.69) is 15.9 Å². The van der Waals surface area contributed by atoms with Crippen LogP contribution in [0.5, 0.6) is 0 Å². The van der Waals surface area contributed by atoms with Gasteiger partial charge in [0.25, 0.3) is 0 Å². The number of furan rings is 1. The molecule has 3 nitrogen and oxygen atoms in total. The van der Waals surface area contributed by atoms with Crippen LogP contribution >= 0.6 is 0 Å². The molecule has 0 aliphatic carbocycles. The van der Waals surface area contributed by atoms with Gasteiger partial charge >= 0.3 is 0 Å². The smallest absolute Gasteiger partial charge is 0.171 e. The van der Waals surface area contributed by atoms with E-state index in [4.69, 9.17) is 4.42 Å². The number of nitrogens with zero attached hydrogens (tertiary/aromatic N) is 2. The molecule has 1 aliphatic rings. The molecule has 0 amide bonds. The van der Waals surface area contributed by atoms with Crippen LogP contribution in [-0.4, -0.2) is 5.87 Å². The van der Waals surface area contributed by atoms with Crippen LogP contribution in [0.4, 0.5) is 0 Å². The molecule has 0 unspecified atom stereocenters. The van der Waals surface area contributed by atoms with Gasteiger partial charge in [0, 0.05) is 11.9 Å². The fourth-order valence-electron chi connectivity index (χ4n) is 0.745. The SMILES string of the molecule is C1=CN=c2ccoc2=CN=1. The maximum Gasteiger partial charge on any atom is 0.171 e. The topological polar surface area (TPSA) is 37.9 Å². The molecule has 0 atom stereocenters. The fourth-order valence-corrected chi connectivity index (χ4v) is 0.745. The Morgan fingerprint density at radius 3 is 3.50 bits per heavy atom. The van der Waals surface area contributed by atoms with Crippen LogP contribution in [0.15, 0.2) is 32.9 Å². The minimum absolute atomic E-state index is 0.682. The summed E-state index contributed by atoms with van der Waals surface area (Å²) in [5.74, 6) is 2.60. The number of aliphatic imine (C=N–C) groups is 1. The van der Waals surface area contributed by atoms with E-state index >= 15 is 0 Å². The average Bonchev–Trinajstić information content (AvgIpc) is 2.28. The zero-order valence-electron chi connectivity index (χ0n) is 5.11. The summed E-state index contributed by atoms with van der Waals surface area (Å²) in [6, 6.07) is 1.78. The highest BCUT2D eigenvalue weighted by molar-refractivity contribution is 5.55. The summed E-state index contributed by atoms with van der Waals surface area (Å²) in [4.78, 5) is 7.76. The molecule has 2 rings (SSSR count). The van der Waals surface area contributed by atoms with Gasteiger partial charge in [-0.1, -0.05) is 0 Å². The van der Waals surface area contributed by atoms with Gasteiger partial charge in [-0.25, -0.2) is 9.98 Å². The molecule has 1 aliphatic heterocycles. The van der Waals surface area contributed by atoms with Crippen LogP contribution in [0.25, 0.3) is 6.20 Å². The van der Waals surface area contributed by atoms with Gasteiger partial charge in [-0.15, -0.1) is 0 Å². The van der Waals surface area contributed by atoms with E-state index in [1.165, 1.54) is 6.20 Å². The van der Waals surface area contributed by atoms with E-state index in [0.29, 0.717) is 5.42 Å². The minimum Gasteiger partial charge on any atom is -0.461 e. The van der Waals surface area contributed by atoms with Crippen LogP contribution in [0.2, 0.25) is 0 Å². The van der Waals surface area contributed by atoms with Gasteiger partial charge < -0.3 is 4.42 Å². The second-order valence-corrected chi connectivity index (χ2v) is 1.82. The van der Waals surface area contributed by atoms with Gasteiger partial charge in [0.15, 0.2) is 5.42 Å². The first-order valence-electron chi connectivity index (χ1n) is 2.85. The van der Waals surface area contributed by atoms with Crippen molar-refractivity contribution in [3.63, 3.8) is 0 Å². The van der Waals surface area contributed by atoms with Gasteiger partial charge in [0.05, 0.1) is 18.7 Å². The first-order valence-corrected chi connectivity index (χ1v) is 2.85. The largest absolute Gasteiger partial charge is 0.461 e. The predicted molar refractivity (Wildman–Crippen MR) is 36.0 cm³/mol. The van der Waals surface area contributed by atoms with Crippen molar-refractivity contribution >= 4 is 12.1 Å². The molecule has 0 saturated carbocycles. The van der Waals surface area contributed by atoms with Gasteiger partial charge in [0.2, 0.25) is 0 Å². The standard InChI is InChI=1S/C7H4N2O/c1-4-10-7-5-8-2-3-9-6(1)7/h1,3-5H. The van der Waals surface area contributed by atoms with E-state index in [9.17, 15) is 0 Å². The lowest BCUT2D eigenvalue weighted by Crippen LogP contribution is -2.17. The molecular weight excluding hydrogens is 128 g/mol. The highest BCUT2D eigenvalue weighted by Gasteiger charge is 1.88. The summed E-state index contributed by atoms with van der Waals surface area (Å²) in [5, 5.41) is 0.800. The fraction of sp³-hybridized carbons (Fsp3) is 0. The zero-order chi connectivity index (χ0) is 6.81. The van der Waals surface area contributed by atoms with E-state index in [1.54, 1.807) is 18.5 Å². The highest BCUT2D eigenvalue weighted by Crippen LogP contribution is 1.75. The van der Waals surface area contributed by atoms with E-state index < -0.39 is 0 Å². The summed E-state index contributed by atoms with van der Waals surface area (Å²) in [6.07, 6.45) is 4.68. The van der Waals surface area contributed by atoms with Gasteiger partial charge in [-0.05, 0) is 0 Å². The Morgan fingerprint density at radius 1 is 1.50 bits per heavy atom. The quantitative estimate of drug-likeness (QED) is 0.483. The molecule has 1 aromatic rings. The van der Waals surface area contributed by atoms with Crippen molar-refractivity contribution in [2.45, 2.75) is 0 Å². The average molecular weight is 132 g/mol. The molecule has 0 radical (unpaired) electrons. The predicted octanol–water partition coefficient (Wildman–Crippen LogP) is -0.166. The van der Waals surface area contributed by atoms with Crippen molar-refractivity contribution in [1.82, 2.24) is 0 Å². The second kappa shape index (κ2) is 1.97. The summed E-state index contributed by atoms with van der Waals surface area (Å²) in [6.45, 7) is 0. The molecule has 2 heterocycles. The van der Waals surface area contributed by atoms with Crippen LogP contribution in [0.1, 0.15) is 0 Å². The first kappa shape index (κ1) is 5.21. The second-order valence-electron chi connectivity index (χ2n) is 1.82. The molecule has 10 heavy (non-hydrogen) atoms. The number of fused-ring (bicyclic) bond motifs is 1. The Hall–Kier alpha value is -1.60. The Labute approximate surface area is 56.7 Å². The van der Waals surface area contributed by atoms with Gasteiger partial charge in [-0.3, -0.25) is 0 Å². The highest BCUT2D eigenvalue weighted by atomic mass is 16.3. The van der Waals surface area contributed by atoms with Crippen molar-refractivity contribution in [1.29, 1.82) is 0 Å². The maximum absolute atomic E-state index is 5.03. The minimum atomic E-state index is 0.682. The third-order valence-corrected chi connectivity index (χ3v) is 1.19. The van der Waals surface area contributed by atoms with Gasteiger partial charge in [-0.2, -0.15) is 0 Å². The monoisotopic (exact) mass is 132 g/mol. The normalized spacial score (nSPS) is 13.2. The van der Waals surface area contributed by atoms with Crippen molar-refractivity contribution in [3.8, 4) is 0 Å². The molecule has 0 aromatic carbocycles. The van der Waals surface area contributed by atoms with Gasteiger partial charge in [0.1, 0.15) is 5.36 Å². The zero-order valence-corrected chi connectivity index (χ0v) is 5.11. The summed E-state index contributed by atoms with van der Waals surface area (Å²) >= 11 is 0. The lowest BCUT2D eigenvalue weighted by molar-refractivity contribution is 0.529. The van der Waals surface area contributed by atoms with Crippen molar-refractivity contribution in [2.24, 2.45) is 9.98 Å². The molecule has 48 valence electrons. The number of rotatable bonds is 0. The third-order valence-electron chi connectivity index (χ3n) is 1.19. The number of hydrogen-bond donors (Lipinski definition) is 0. The van der Waals surface area contributed by atoms with Crippen molar-refractivity contribution in [3.05, 3.63) is 29.3 Å². The number of hydrogen-bond acceptors (Lipinski definition) is 3. The van der Waals surface area contributed by atoms with E-state index in [-0.39, 0.29) is 0 Å². The molecule has 0 saturated heterocycles. The van der Waals surface area contributed by atoms with Crippen LogP contribution in [0, 0.1) is 0 Å². The molecule has 0 fully saturated rings. The van der Waals surface area contributed by atoms with Crippen molar-refractivity contribution in [2.75, 3.05) is 0 Å². The Balaban J connectivity index is 2.94. The first-order chi connectivity index (χ1) is 4.97. The molecular formula is C7H4N2O.